The maximum Gasteiger partial charge on any atom is 0.215 e. The summed E-state index contributed by atoms with van der Waals surface area (Å²) in [6, 6.07) is 7.79. The van der Waals surface area contributed by atoms with E-state index < -0.39 is 10.0 Å². The molecule has 0 atom stereocenters. The first-order valence-electron chi connectivity index (χ1n) is 8.61. The number of ether oxygens (including phenoxy) is 1. The third-order valence-corrected chi connectivity index (χ3v) is 5.72. The smallest absolute Gasteiger partial charge is 0.215 e. The molecular formula is C17H30N4O3S. The predicted octanol–water partition coefficient (Wildman–Crippen LogP) is 1.42. The van der Waals surface area contributed by atoms with Crippen LogP contribution in [0, 0.1) is 0 Å². The van der Waals surface area contributed by atoms with Crippen molar-refractivity contribution in [3.63, 3.8) is 0 Å². The van der Waals surface area contributed by atoms with Crippen LogP contribution >= 0.6 is 0 Å². The molecule has 142 valence electrons. The lowest BCUT2D eigenvalue weighted by Gasteiger charge is -2.19. The Balaban J connectivity index is 2.54. The largest absolute Gasteiger partial charge is 0.494 e. The minimum Gasteiger partial charge on any atom is -0.494 e. The molecule has 0 fully saturated rings. The normalized spacial score (nSPS) is 12.3. The van der Waals surface area contributed by atoms with Crippen molar-refractivity contribution in [2.45, 2.75) is 27.3 Å². The van der Waals surface area contributed by atoms with Crippen molar-refractivity contribution in [2.75, 3.05) is 39.0 Å². The molecule has 0 bridgehead atoms. The summed E-state index contributed by atoms with van der Waals surface area (Å²) in [6.07, 6.45) is 0. The molecular weight excluding hydrogens is 340 g/mol. The molecule has 0 heterocycles. The van der Waals surface area contributed by atoms with Crippen LogP contribution < -0.4 is 15.4 Å². The fourth-order valence-electron chi connectivity index (χ4n) is 2.39. The van der Waals surface area contributed by atoms with Crippen LogP contribution in [0.15, 0.2) is 29.3 Å². The molecule has 0 aliphatic rings. The molecule has 25 heavy (non-hydrogen) atoms. The maximum absolute atomic E-state index is 12.2. The van der Waals surface area contributed by atoms with Crippen LogP contribution in [-0.2, 0) is 16.6 Å². The summed E-state index contributed by atoms with van der Waals surface area (Å²) in [5, 5.41) is 6.22. The van der Waals surface area contributed by atoms with Crippen molar-refractivity contribution in [1.29, 1.82) is 0 Å². The number of hydrogen-bond acceptors (Lipinski definition) is 4. The summed E-state index contributed by atoms with van der Waals surface area (Å²) in [6.45, 7) is 8.04. The highest BCUT2D eigenvalue weighted by Gasteiger charge is 2.18. The minimum absolute atomic E-state index is 0.0327. The van der Waals surface area contributed by atoms with E-state index in [4.69, 9.17) is 4.74 Å². The molecule has 1 aromatic rings. The van der Waals surface area contributed by atoms with Gasteiger partial charge in [-0.05, 0) is 13.0 Å². The Kier molecular flexibility index (Phi) is 9.30. The molecule has 0 unspecified atom stereocenters. The summed E-state index contributed by atoms with van der Waals surface area (Å²) in [4.78, 5) is 4.13. The maximum atomic E-state index is 12.2. The summed E-state index contributed by atoms with van der Waals surface area (Å²) in [5.74, 6) is 1.42. The van der Waals surface area contributed by atoms with Gasteiger partial charge in [0.15, 0.2) is 5.96 Å². The Hall–Kier alpha value is -1.80. The van der Waals surface area contributed by atoms with E-state index >= 15 is 0 Å². The van der Waals surface area contributed by atoms with Gasteiger partial charge in [-0.2, -0.15) is 0 Å². The predicted molar refractivity (Wildman–Crippen MR) is 103 cm³/mol. The fourth-order valence-corrected chi connectivity index (χ4v) is 3.80. The van der Waals surface area contributed by atoms with Gasteiger partial charge < -0.3 is 15.4 Å². The Labute approximate surface area is 151 Å². The lowest BCUT2D eigenvalue weighted by atomic mass is 10.2. The van der Waals surface area contributed by atoms with Gasteiger partial charge in [0.1, 0.15) is 5.75 Å². The zero-order valence-corrected chi connectivity index (χ0v) is 16.4. The molecule has 2 N–H and O–H groups in total. The molecule has 8 heteroatoms. The number of para-hydroxylation sites is 1. The molecule has 0 spiro atoms. The number of hydrogen-bond donors (Lipinski definition) is 2. The third kappa shape index (κ3) is 6.91. The zero-order valence-electron chi connectivity index (χ0n) is 15.6. The molecule has 0 radical (unpaired) electrons. The van der Waals surface area contributed by atoms with Gasteiger partial charge in [0.2, 0.25) is 10.0 Å². The number of aliphatic imine (C=N–C) groups is 1. The minimum atomic E-state index is -3.24. The second-order valence-electron chi connectivity index (χ2n) is 5.29. The highest BCUT2D eigenvalue weighted by Crippen LogP contribution is 2.17. The number of sulfonamides is 1. The first kappa shape index (κ1) is 21.2. The van der Waals surface area contributed by atoms with Crippen molar-refractivity contribution >= 4 is 16.0 Å². The van der Waals surface area contributed by atoms with E-state index in [0.717, 1.165) is 11.3 Å². The average molecular weight is 371 g/mol. The van der Waals surface area contributed by atoms with Gasteiger partial charge in [-0.15, -0.1) is 0 Å². The van der Waals surface area contributed by atoms with Crippen LogP contribution in [0.5, 0.6) is 5.75 Å². The first-order valence-corrected chi connectivity index (χ1v) is 10.2. The summed E-state index contributed by atoms with van der Waals surface area (Å²) >= 11 is 0. The average Bonchev–Trinajstić information content (AvgIpc) is 2.60. The fraction of sp³-hybridized carbons (Fsp3) is 0.588. The lowest BCUT2D eigenvalue weighted by Crippen LogP contribution is -2.41. The van der Waals surface area contributed by atoms with Crippen molar-refractivity contribution in [1.82, 2.24) is 14.9 Å². The van der Waals surface area contributed by atoms with Gasteiger partial charge >= 0.3 is 0 Å². The second kappa shape index (κ2) is 10.9. The van der Waals surface area contributed by atoms with Gasteiger partial charge in [0.25, 0.3) is 0 Å². The lowest BCUT2D eigenvalue weighted by molar-refractivity contribution is 0.336. The number of benzene rings is 1. The molecule has 7 nitrogen and oxygen atoms in total. The van der Waals surface area contributed by atoms with E-state index in [9.17, 15) is 8.42 Å². The summed E-state index contributed by atoms with van der Waals surface area (Å²) in [7, 11) is -1.58. The van der Waals surface area contributed by atoms with Crippen LogP contribution in [0.3, 0.4) is 0 Å². The van der Waals surface area contributed by atoms with E-state index in [1.165, 1.54) is 4.31 Å². The van der Waals surface area contributed by atoms with Crippen LogP contribution in [-0.4, -0.2) is 57.7 Å². The molecule has 0 aliphatic carbocycles. The molecule has 0 saturated heterocycles. The Morgan fingerprint density at radius 3 is 2.44 bits per heavy atom. The van der Waals surface area contributed by atoms with E-state index in [2.05, 4.69) is 15.6 Å². The second-order valence-corrected chi connectivity index (χ2v) is 7.38. The zero-order chi connectivity index (χ0) is 18.7. The molecule has 0 saturated carbocycles. The SMILES string of the molecule is CCOc1ccccc1CNC(=NC)NCCS(=O)(=O)N(CC)CC. The molecule has 0 aromatic heterocycles. The molecule has 0 amide bonds. The topological polar surface area (TPSA) is 83.0 Å². The number of guanidine groups is 1. The number of nitrogens with zero attached hydrogens (tertiary/aromatic N) is 2. The third-order valence-electron chi connectivity index (χ3n) is 3.69. The van der Waals surface area contributed by atoms with Gasteiger partial charge in [-0.25, -0.2) is 12.7 Å². The van der Waals surface area contributed by atoms with E-state index in [0.29, 0.717) is 38.7 Å². The van der Waals surface area contributed by atoms with Gasteiger partial charge in [-0.3, -0.25) is 4.99 Å². The van der Waals surface area contributed by atoms with Crippen LogP contribution in [0.2, 0.25) is 0 Å². The van der Waals surface area contributed by atoms with Crippen molar-refractivity contribution in [2.24, 2.45) is 4.99 Å². The van der Waals surface area contributed by atoms with E-state index in [1.54, 1.807) is 7.05 Å². The van der Waals surface area contributed by atoms with Crippen molar-refractivity contribution in [3.8, 4) is 5.75 Å². The first-order chi connectivity index (χ1) is 12.0. The quantitative estimate of drug-likeness (QED) is 0.481. The Morgan fingerprint density at radius 2 is 1.84 bits per heavy atom. The molecule has 1 rings (SSSR count). The van der Waals surface area contributed by atoms with E-state index in [1.807, 2.05) is 45.0 Å². The number of rotatable bonds is 10. The summed E-state index contributed by atoms with van der Waals surface area (Å²) in [5.41, 5.74) is 1.02. The summed E-state index contributed by atoms with van der Waals surface area (Å²) < 4.78 is 31.4. The van der Waals surface area contributed by atoms with Crippen LogP contribution in [0.1, 0.15) is 26.3 Å². The van der Waals surface area contributed by atoms with Gasteiger partial charge in [0, 0.05) is 38.8 Å². The molecule has 1 aromatic carbocycles. The van der Waals surface area contributed by atoms with Crippen LogP contribution in [0.4, 0.5) is 0 Å². The van der Waals surface area contributed by atoms with E-state index in [-0.39, 0.29) is 5.75 Å². The van der Waals surface area contributed by atoms with Crippen molar-refractivity contribution in [3.05, 3.63) is 29.8 Å². The monoisotopic (exact) mass is 370 g/mol. The Bertz CT molecular complexity index is 643. The standard InChI is InChI=1S/C17H30N4O3S/c1-5-21(6-2)25(22,23)13-12-19-17(18-4)20-14-15-10-8-9-11-16(15)24-7-3/h8-11H,5-7,12-14H2,1-4H3,(H2,18,19,20). The van der Waals surface area contributed by atoms with Gasteiger partial charge in [-0.1, -0.05) is 32.0 Å². The highest BCUT2D eigenvalue weighted by molar-refractivity contribution is 7.89. The van der Waals surface area contributed by atoms with Crippen LogP contribution in [0.25, 0.3) is 0 Å². The Morgan fingerprint density at radius 1 is 1.16 bits per heavy atom. The molecule has 0 aliphatic heterocycles. The van der Waals surface area contributed by atoms with Gasteiger partial charge in [0.05, 0.1) is 12.4 Å². The highest BCUT2D eigenvalue weighted by atomic mass is 32.2. The number of nitrogens with one attached hydrogen (secondary N) is 2. The van der Waals surface area contributed by atoms with Crippen molar-refractivity contribution < 1.29 is 13.2 Å².